The quantitative estimate of drug-likeness (QED) is 0.736. The summed E-state index contributed by atoms with van der Waals surface area (Å²) in [6.07, 6.45) is 0. The van der Waals surface area contributed by atoms with Gasteiger partial charge in [-0.05, 0) is 58.7 Å². The molecule has 2 aromatic carbocycles. The number of sulfonamides is 1. The largest absolute Gasteiger partial charge is 0.506 e. The minimum Gasteiger partial charge on any atom is -0.506 e. The maximum absolute atomic E-state index is 12.3. The van der Waals surface area contributed by atoms with Gasteiger partial charge in [0.1, 0.15) is 10.6 Å². The molecule has 2 N–H and O–H groups in total. The Morgan fingerprint density at radius 1 is 1.10 bits per heavy atom. The van der Waals surface area contributed by atoms with Gasteiger partial charge in [-0.3, -0.25) is 4.72 Å². The van der Waals surface area contributed by atoms with Gasteiger partial charge in [0.25, 0.3) is 10.0 Å². The summed E-state index contributed by atoms with van der Waals surface area (Å²) in [5.74, 6) is -0.111. The van der Waals surface area contributed by atoms with Crippen LogP contribution < -0.4 is 4.72 Å². The van der Waals surface area contributed by atoms with Crippen molar-refractivity contribution in [3.63, 3.8) is 0 Å². The van der Waals surface area contributed by atoms with Crippen molar-refractivity contribution in [2.24, 2.45) is 0 Å². The SMILES string of the molecule is Cc1ccc(NS(=O)(=O)c2cc(Br)ccc2Br)c(O)c1. The highest BCUT2D eigenvalue weighted by molar-refractivity contribution is 9.11. The Hall–Kier alpha value is -1.05. The first kappa shape index (κ1) is 15.3. The van der Waals surface area contributed by atoms with Crippen LogP contribution in [0.3, 0.4) is 0 Å². The molecule has 0 aliphatic carbocycles. The number of phenols is 1. The molecular weight excluding hydrogens is 410 g/mol. The third-order valence-corrected chi connectivity index (χ3v) is 5.43. The Morgan fingerprint density at radius 3 is 2.45 bits per heavy atom. The molecule has 0 saturated heterocycles. The van der Waals surface area contributed by atoms with Gasteiger partial charge in [0.05, 0.1) is 5.69 Å². The van der Waals surface area contributed by atoms with Crippen molar-refractivity contribution in [1.82, 2.24) is 0 Å². The standard InChI is InChI=1S/C13H11Br2NO3S/c1-8-2-5-11(12(17)6-8)16-20(18,19)13-7-9(14)3-4-10(13)15/h2-7,16-17H,1H3. The van der Waals surface area contributed by atoms with E-state index in [2.05, 4.69) is 36.6 Å². The first-order valence-electron chi connectivity index (χ1n) is 5.57. The summed E-state index contributed by atoms with van der Waals surface area (Å²) in [4.78, 5) is 0.0897. The smallest absolute Gasteiger partial charge is 0.263 e. The van der Waals surface area contributed by atoms with Crippen LogP contribution in [0.2, 0.25) is 0 Å². The minimum absolute atomic E-state index is 0.0897. The Kier molecular flexibility index (Phi) is 4.41. The molecule has 0 aliphatic heterocycles. The average molecular weight is 421 g/mol. The molecule has 0 saturated carbocycles. The number of halogens is 2. The van der Waals surface area contributed by atoms with Gasteiger partial charge >= 0.3 is 0 Å². The van der Waals surface area contributed by atoms with Gasteiger partial charge in [-0.1, -0.05) is 22.0 Å². The van der Waals surface area contributed by atoms with Crippen LogP contribution in [-0.2, 0) is 10.0 Å². The molecule has 0 bridgehead atoms. The molecule has 7 heteroatoms. The third kappa shape index (κ3) is 3.34. The lowest BCUT2D eigenvalue weighted by molar-refractivity contribution is 0.477. The molecule has 2 rings (SSSR count). The van der Waals surface area contributed by atoms with Gasteiger partial charge in [0.15, 0.2) is 0 Å². The second-order valence-electron chi connectivity index (χ2n) is 4.20. The number of rotatable bonds is 3. The lowest BCUT2D eigenvalue weighted by Gasteiger charge is -2.11. The van der Waals surface area contributed by atoms with Crippen LogP contribution in [0.25, 0.3) is 0 Å². The van der Waals surface area contributed by atoms with Crippen molar-refractivity contribution >= 4 is 47.6 Å². The molecule has 20 heavy (non-hydrogen) atoms. The molecule has 4 nitrogen and oxygen atoms in total. The third-order valence-electron chi connectivity index (χ3n) is 2.58. The van der Waals surface area contributed by atoms with Crippen molar-refractivity contribution in [3.05, 3.63) is 50.9 Å². The van der Waals surface area contributed by atoms with E-state index in [-0.39, 0.29) is 16.3 Å². The summed E-state index contributed by atoms with van der Waals surface area (Å²) in [5.41, 5.74) is 0.983. The van der Waals surface area contributed by atoms with Crippen molar-refractivity contribution in [3.8, 4) is 5.75 Å². The summed E-state index contributed by atoms with van der Waals surface area (Å²) in [5, 5.41) is 9.78. The summed E-state index contributed by atoms with van der Waals surface area (Å²) >= 11 is 6.44. The lowest BCUT2D eigenvalue weighted by atomic mass is 10.2. The molecule has 2 aromatic rings. The summed E-state index contributed by atoms with van der Waals surface area (Å²) < 4.78 is 28.1. The molecule has 0 atom stereocenters. The molecule has 0 aliphatic rings. The molecule has 0 amide bonds. The van der Waals surface area contributed by atoms with Gasteiger partial charge in [-0.25, -0.2) is 8.42 Å². The number of hydrogen-bond donors (Lipinski definition) is 2. The molecule has 0 heterocycles. The maximum Gasteiger partial charge on any atom is 0.263 e. The number of hydrogen-bond acceptors (Lipinski definition) is 3. The Labute approximate surface area is 134 Å². The lowest BCUT2D eigenvalue weighted by Crippen LogP contribution is -2.13. The van der Waals surface area contributed by atoms with E-state index in [1.807, 2.05) is 6.92 Å². The molecule has 0 unspecified atom stereocenters. The minimum atomic E-state index is -3.79. The number of aromatic hydroxyl groups is 1. The van der Waals surface area contributed by atoms with E-state index in [4.69, 9.17) is 0 Å². The molecule has 0 aromatic heterocycles. The van der Waals surface area contributed by atoms with Gasteiger partial charge in [0, 0.05) is 8.95 Å². The number of nitrogens with one attached hydrogen (secondary N) is 1. The predicted molar refractivity (Wildman–Crippen MR) is 85.5 cm³/mol. The van der Waals surface area contributed by atoms with Crippen LogP contribution in [0.4, 0.5) is 5.69 Å². The molecule has 0 fully saturated rings. The van der Waals surface area contributed by atoms with Gasteiger partial charge in [0.2, 0.25) is 0 Å². The van der Waals surface area contributed by atoms with Gasteiger partial charge < -0.3 is 5.11 Å². The van der Waals surface area contributed by atoms with E-state index in [9.17, 15) is 13.5 Å². The van der Waals surface area contributed by atoms with E-state index >= 15 is 0 Å². The number of anilines is 1. The maximum atomic E-state index is 12.3. The summed E-state index contributed by atoms with van der Waals surface area (Å²) in [7, 11) is -3.79. The monoisotopic (exact) mass is 419 g/mol. The molecule has 0 radical (unpaired) electrons. The van der Waals surface area contributed by atoms with Crippen LogP contribution in [0.1, 0.15) is 5.56 Å². The highest BCUT2D eigenvalue weighted by atomic mass is 79.9. The van der Waals surface area contributed by atoms with Crippen LogP contribution >= 0.6 is 31.9 Å². The zero-order chi connectivity index (χ0) is 14.9. The van der Waals surface area contributed by atoms with Crippen molar-refractivity contribution in [2.75, 3.05) is 4.72 Å². The predicted octanol–water partition coefficient (Wildman–Crippen LogP) is 4.03. The van der Waals surface area contributed by atoms with Crippen molar-refractivity contribution in [1.29, 1.82) is 0 Å². The van der Waals surface area contributed by atoms with Crippen molar-refractivity contribution < 1.29 is 13.5 Å². The number of aryl methyl sites for hydroxylation is 1. The van der Waals surface area contributed by atoms with E-state index in [1.54, 1.807) is 18.2 Å². The Bertz CT molecular complexity index is 760. The van der Waals surface area contributed by atoms with Gasteiger partial charge in [-0.15, -0.1) is 0 Å². The fourth-order valence-corrected chi connectivity index (χ4v) is 4.19. The van der Waals surface area contributed by atoms with Crippen LogP contribution in [-0.4, -0.2) is 13.5 Å². The topological polar surface area (TPSA) is 66.4 Å². The van der Waals surface area contributed by atoms with E-state index in [1.165, 1.54) is 18.2 Å². The summed E-state index contributed by atoms with van der Waals surface area (Å²) in [6.45, 7) is 1.81. The van der Waals surface area contributed by atoms with E-state index in [0.29, 0.717) is 8.95 Å². The number of benzene rings is 2. The van der Waals surface area contributed by atoms with Gasteiger partial charge in [-0.2, -0.15) is 0 Å². The van der Waals surface area contributed by atoms with Crippen LogP contribution in [0, 0.1) is 6.92 Å². The van der Waals surface area contributed by atoms with E-state index < -0.39 is 10.0 Å². The highest BCUT2D eigenvalue weighted by Gasteiger charge is 2.19. The second-order valence-corrected chi connectivity index (χ2v) is 7.62. The normalized spacial score (nSPS) is 11.3. The zero-order valence-electron chi connectivity index (χ0n) is 10.4. The number of phenolic OH excluding ortho intramolecular Hbond substituents is 1. The fourth-order valence-electron chi connectivity index (χ4n) is 1.61. The van der Waals surface area contributed by atoms with Crippen LogP contribution in [0.5, 0.6) is 5.75 Å². The summed E-state index contributed by atoms with van der Waals surface area (Å²) in [6, 6.07) is 9.58. The van der Waals surface area contributed by atoms with Crippen molar-refractivity contribution in [2.45, 2.75) is 11.8 Å². The molecule has 0 spiro atoms. The Balaban J connectivity index is 2.43. The highest BCUT2D eigenvalue weighted by Crippen LogP contribution is 2.30. The first-order chi connectivity index (χ1) is 9.29. The average Bonchev–Trinajstić information content (AvgIpc) is 2.35. The molecular formula is C13H11Br2NO3S. The molecule has 106 valence electrons. The second kappa shape index (κ2) is 5.75. The van der Waals surface area contributed by atoms with E-state index in [0.717, 1.165) is 5.56 Å². The first-order valence-corrected chi connectivity index (χ1v) is 8.64. The zero-order valence-corrected chi connectivity index (χ0v) is 14.4. The van der Waals surface area contributed by atoms with Crippen LogP contribution in [0.15, 0.2) is 50.2 Å². The fraction of sp³-hybridized carbons (Fsp3) is 0.0769. The Morgan fingerprint density at radius 2 is 1.80 bits per heavy atom.